The fourth-order valence-corrected chi connectivity index (χ4v) is 4.06. The number of nitrogens with zero attached hydrogens (tertiary/aromatic N) is 4. The molecule has 26 heavy (non-hydrogen) atoms. The summed E-state index contributed by atoms with van der Waals surface area (Å²) < 4.78 is 12.3. The number of ether oxygens (including phenoxy) is 1. The Balaban J connectivity index is 1.60. The second-order valence-corrected chi connectivity index (χ2v) is 7.18. The van der Waals surface area contributed by atoms with E-state index in [2.05, 4.69) is 26.2 Å². The molecular formula is C19H23N5OS. The molecule has 1 fully saturated rings. The van der Waals surface area contributed by atoms with Crippen LogP contribution in [0.15, 0.2) is 42.7 Å². The molecule has 0 bridgehead atoms. The van der Waals surface area contributed by atoms with Crippen molar-refractivity contribution in [3.05, 3.63) is 48.5 Å². The third-order valence-electron chi connectivity index (χ3n) is 4.84. The highest BCUT2D eigenvalue weighted by Crippen LogP contribution is 2.33. The number of nitrogens with one attached hydrogen (secondary N) is 1. The Morgan fingerprint density at radius 1 is 1.27 bits per heavy atom. The third-order valence-corrected chi connectivity index (χ3v) is 5.49. The molecule has 0 saturated carbocycles. The van der Waals surface area contributed by atoms with E-state index in [1.165, 1.54) is 11.5 Å². The van der Waals surface area contributed by atoms with Crippen molar-refractivity contribution in [3.63, 3.8) is 0 Å². The van der Waals surface area contributed by atoms with Crippen LogP contribution in [0.5, 0.6) is 0 Å². The minimum absolute atomic E-state index is 0.116. The molecule has 3 heterocycles. The van der Waals surface area contributed by atoms with Gasteiger partial charge in [-0.05, 0) is 25.7 Å². The first-order valence-electron chi connectivity index (χ1n) is 9.09. The summed E-state index contributed by atoms with van der Waals surface area (Å²) in [7, 11) is 0. The van der Waals surface area contributed by atoms with Crippen LogP contribution in [-0.2, 0) is 11.3 Å². The second kappa shape index (κ2) is 7.97. The molecule has 0 aliphatic carbocycles. The van der Waals surface area contributed by atoms with Gasteiger partial charge in [-0.1, -0.05) is 30.3 Å². The number of aryl methyl sites for hydroxylation is 1. The van der Waals surface area contributed by atoms with Gasteiger partial charge in [0.2, 0.25) is 5.13 Å². The molecular weight excluding hydrogens is 346 g/mol. The summed E-state index contributed by atoms with van der Waals surface area (Å²) in [5.74, 6) is 2.30. The van der Waals surface area contributed by atoms with E-state index < -0.39 is 0 Å². The van der Waals surface area contributed by atoms with Gasteiger partial charge in [0.15, 0.2) is 5.82 Å². The molecule has 0 spiro atoms. The van der Waals surface area contributed by atoms with Crippen molar-refractivity contribution < 1.29 is 4.74 Å². The molecule has 1 aromatic carbocycles. The Morgan fingerprint density at radius 2 is 2.08 bits per heavy atom. The van der Waals surface area contributed by atoms with E-state index >= 15 is 0 Å². The van der Waals surface area contributed by atoms with Crippen molar-refractivity contribution >= 4 is 16.7 Å². The van der Waals surface area contributed by atoms with E-state index in [0.29, 0.717) is 5.92 Å². The minimum atomic E-state index is 0.116. The summed E-state index contributed by atoms with van der Waals surface area (Å²) in [5.41, 5.74) is 1.04. The summed E-state index contributed by atoms with van der Waals surface area (Å²) in [6.45, 7) is 4.66. The molecule has 7 heteroatoms. The first kappa shape index (κ1) is 17.2. The average molecular weight is 369 g/mol. The molecule has 4 rings (SSSR count). The summed E-state index contributed by atoms with van der Waals surface area (Å²) in [5, 5.41) is 4.46. The van der Waals surface area contributed by atoms with Crippen molar-refractivity contribution in [2.45, 2.75) is 32.4 Å². The Hall–Kier alpha value is -2.25. The van der Waals surface area contributed by atoms with Gasteiger partial charge >= 0.3 is 0 Å². The van der Waals surface area contributed by atoms with Crippen LogP contribution in [0.3, 0.4) is 0 Å². The van der Waals surface area contributed by atoms with Crippen LogP contribution >= 0.6 is 11.5 Å². The number of rotatable bonds is 6. The predicted molar refractivity (Wildman–Crippen MR) is 103 cm³/mol. The molecule has 1 atom stereocenters. The van der Waals surface area contributed by atoms with Gasteiger partial charge in [-0.15, -0.1) is 0 Å². The van der Waals surface area contributed by atoms with Crippen molar-refractivity contribution in [3.8, 4) is 11.4 Å². The number of imidazole rings is 1. The van der Waals surface area contributed by atoms with Gasteiger partial charge in [-0.3, -0.25) is 0 Å². The van der Waals surface area contributed by atoms with E-state index in [4.69, 9.17) is 9.72 Å². The van der Waals surface area contributed by atoms with Gasteiger partial charge in [0.25, 0.3) is 0 Å². The van der Waals surface area contributed by atoms with Crippen molar-refractivity contribution in [1.82, 2.24) is 18.9 Å². The van der Waals surface area contributed by atoms with Crippen LogP contribution < -0.4 is 5.32 Å². The molecule has 1 aliphatic heterocycles. The van der Waals surface area contributed by atoms with Gasteiger partial charge in [-0.2, -0.15) is 9.36 Å². The highest BCUT2D eigenvalue weighted by atomic mass is 32.1. The largest absolute Gasteiger partial charge is 0.381 e. The van der Waals surface area contributed by atoms with E-state index in [9.17, 15) is 0 Å². The molecule has 0 amide bonds. The van der Waals surface area contributed by atoms with E-state index in [0.717, 1.165) is 54.9 Å². The van der Waals surface area contributed by atoms with Crippen LogP contribution in [0.25, 0.3) is 11.4 Å². The van der Waals surface area contributed by atoms with Crippen LogP contribution in [0.2, 0.25) is 0 Å². The normalized spacial score (nSPS) is 16.5. The Kier molecular flexibility index (Phi) is 5.26. The predicted octanol–water partition coefficient (Wildman–Crippen LogP) is 4.00. The van der Waals surface area contributed by atoms with Crippen molar-refractivity contribution in [2.75, 3.05) is 18.5 Å². The minimum Gasteiger partial charge on any atom is -0.381 e. The first-order chi connectivity index (χ1) is 12.8. The lowest BCUT2D eigenvalue weighted by molar-refractivity contribution is 0.0593. The van der Waals surface area contributed by atoms with Crippen LogP contribution in [0, 0.1) is 5.92 Å². The summed E-state index contributed by atoms with van der Waals surface area (Å²) >= 11 is 1.41. The number of hydrogen-bond donors (Lipinski definition) is 1. The van der Waals surface area contributed by atoms with Crippen LogP contribution in [0.4, 0.5) is 5.13 Å². The standard InChI is InChI=1S/C19H23N5OS/c1-2-24-11-10-20-18(24)16(14-8-12-25-13-9-14)21-19-22-17(23-26-19)15-6-4-3-5-7-15/h3-7,10-11,14,16H,2,8-9,12-13H2,1H3,(H,21,22,23). The highest BCUT2D eigenvalue weighted by Gasteiger charge is 2.29. The van der Waals surface area contributed by atoms with Crippen molar-refractivity contribution in [1.29, 1.82) is 0 Å². The Labute approximate surface area is 157 Å². The van der Waals surface area contributed by atoms with E-state index in [1.807, 2.05) is 42.7 Å². The molecule has 1 saturated heterocycles. The smallest absolute Gasteiger partial charge is 0.203 e. The lowest BCUT2D eigenvalue weighted by Gasteiger charge is -2.30. The Morgan fingerprint density at radius 3 is 2.85 bits per heavy atom. The fraction of sp³-hybridized carbons (Fsp3) is 0.421. The summed E-state index contributed by atoms with van der Waals surface area (Å²) in [6.07, 6.45) is 5.97. The monoisotopic (exact) mass is 369 g/mol. The van der Waals surface area contributed by atoms with Crippen LogP contribution in [-0.4, -0.2) is 32.1 Å². The molecule has 1 N–H and O–H groups in total. The number of hydrogen-bond acceptors (Lipinski definition) is 6. The molecule has 0 radical (unpaired) electrons. The SMILES string of the molecule is CCn1ccnc1C(Nc1nc(-c2ccccc2)ns1)C1CCOCC1. The number of anilines is 1. The van der Waals surface area contributed by atoms with Gasteiger partial charge in [0.05, 0.1) is 6.04 Å². The summed E-state index contributed by atoms with van der Waals surface area (Å²) in [6, 6.07) is 10.2. The fourth-order valence-electron chi connectivity index (χ4n) is 3.43. The second-order valence-electron chi connectivity index (χ2n) is 6.43. The van der Waals surface area contributed by atoms with Gasteiger partial charge in [0.1, 0.15) is 5.82 Å². The maximum Gasteiger partial charge on any atom is 0.203 e. The van der Waals surface area contributed by atoms with Gasteiger partial charge in [-0.25, -0.2) is 4.98 Å². The molecule has 6 nitrogen and oxygen atoms in total. The maximum absolute atomic E-state index is 5.56. The summed E-state index contributed by atoms with van der Waals surface area (Å²) in [4.78, 5) is 9.35. The van der Waals surface area contributed by atoms with E-state index in [1.54, 1.807) is 0 Å². The van der Waals surface area contributed by atoms with Crippen LogP contribution in [0.1, 0.15) is 31.6 Å². The lowest BCUT2D eigenvalue weighted by atomic mass is 9.91. The van der Waals surface area contributed by atoms with Gasteiger partial charge < -0.3 is 14.6 Å². The van der Waals surface area contributed by atoms with Crippen molar-refractivity contribution in [2.24, 2.45) is 5.92 Å². The zero-order valence-corrected chi connectivity index (χ0v) is 15.7. The quantitative estimate of drug-likeness (QED) is 0.711. The zero-order chi connectivity index (χ0) is 17.8. The molecule has 1 aliphatic rings. The molecule has 3 aromatic rings. The zero-order valence-electron chi connectivity index (χ0n) is 14.8. The topological polar surface area (TPSA) is 64.9 Å². The first-order valence-corrected chi connectivity index (χ1v) is 9.87. The lowest BCUT2D eigenvalue weighted by Crippen LogP contribution is -2.29. The molecule has 2 aromatic heterocycles. The third kappa shape index (κ3) is 3.64. The number of aromatic nitrogens is 4. The van der Waals surface area contributed by atoms with E-state index in [-0.39, 0.29) is 6.04 Å². The number of benzene rings is 1. The Bertz CT molecular complexity index is 825. The molecule has 1 unspecified atom stereocenters. The van der Waals surface area contributed by atoms with Gasteiger partial charge in [0, 0.05) is 49.2 Å². The molecule has 136 valence electrons. The maximum atomic E-state index is 5.56. The highest BCUT2D eigenvalue weighted by molar-refractivity contribution is 7.09. The average Bonchev–Trinajstić information content (AvgIpc) is 3.37.